The van der Waals surface area contributed by atoms with E-state index in [9.17, 15) is 39.4 Å². The zero-order valence-electron chi connectivity index (χ0n) is 24.8. The third kappa shape index (κ3) is 6.98. The van der Waals surface area contributed by atoms with E-state index in [0.29, 0.717) is 24.1 Å². The Hall–Kier alpha value is -4.55. The van der Waals surface area contributed by atoms with E-state index >= 15 is 0 Å². The van der Waals surface area contributed by atoms with E-state index in [-0.39, 0.29) is 75.3 Å². The van der Waals surface area contributed by atoms with Crippen LogP contribution in [0.3, 0.4) is 0 Å². The number of anilines is 1. The number of carboxylic acid groups (broad SMARTS) is 2. The molecular weight excluding hydrogens is 686 g/mol. The van der Waals surface area contributed by atoms with Gasteiger partial charge in [0.25, 0.3) is 11.8 Å². The fourth-order valence-electron chi connectivity index (χ4n) is 6.03. The molecule has 3 amide bonds. The van der Waals surface area contributed by atoms with E-state index in [4.69, 9.17) is 5.73 Å². The Bertz CT molecular complexity index is 1930. The molecule has 3 aliphatic heterocycles. The summed E-state index contributed by atoms with van der Waals surface area (Å²) in [5, 5.41) is 38.5. The Labute approximate surface area is 308 Å². The van der Waals surface area contributed by atoms with Crippen LogP contribution in [0.4, 0.5) is 5.13 Å². The first kappa shape index (κ1) is 35.7. The number of aliphatic carboxylic acids is 1. The van der Waals surface area contributed by atoms with Crippen LogP contribution >= 0.6 is 23.1 Å². The number of hydrogen-bond acceptors (Lipinski definition) is 12. The third-order valence-corrected chi connectivity index (χ3v) is 10.2. The summed E-state index contributed by atoms with van der Waals surface area (Å²) in [6.07, 6.45) is 3.76. The number of thiazole rings is 1. The van der Waals surface area contributed by atoms with Gasteiger partial charge in [-0.05, 0) is 59.4 Å². The van der Waals surface area contributed by atoms with Crippen LogP contribution in [-0.2, 0) is 25.6 Å². The summed E-state index contributed by atoms with van der Waals surface area (Å²) in [5.41, 5.74) is 7.58. The van der Waals surface area contributed by atoms with Crippen molar-refractivity contribution in [2.45, 2.75) is 30.2 Å². The Morgan fingerprint density at radius 1 is 1.10 bits per heavy atom. The second-order valence-corrected chi connectivity index (χ2v) is 12.9. The summed E-state index contributed by atoms with van der Waals surface area (Å²) in [6.45, 7) is 0.343. The first-order valence-electron chi connectivity index (χ1n) is 14.5. The zero-order valence-corrected chi connectivity index (χ0v) is 26.5. The number of amides is 3. The maximum atomic E-state index is 13.6. The molecule has 3 aliphatic rings. The van der Waals surface area contributed by atoms with Crippen molar-refractivity contribution < 1.29 is 39.4 Å². The number of nitrogen functional groups attached to an aromatic ring is 1. The molecular formula is C31H28N7NaO8S2. The zero-order chi connectivity index (χ0) is 34.1. The third-order valence-electron chi connectivity index (χ3n) is 8.22. The normalized spacial score (nSPS) is 20.4. The van der Waals surface area contributed by atoms with Crippen molar-refractivity contribution >= 4 is 93.2 Å². The van der Waals surface area contributed by atoms with Gasteiger partial charge in [0.1, 0.15) is 22.8 Å². The van der Waals surface area contributed by atoms with E-state index in [1.165, 1.54) is 29.3 Å². The second kappa shape index (κ2) is 14.9. The van der Waals surface area contributed by atoms with E-state index in [0.717, 1.165) is 27.4 Å². The number of benzene rings is 1. The number of rotatable bonds is 10. The number of pyridine rings is 1. The number of carbonyl (C=O) groups is 5. The Balaban J connectivity index is 0.00000468. The molecule has 0 bridgehead atoms. The summed E-state index contributed by atoms with van der Waals surface area (Å²) in [6, 6.07) is 8.68. The number of fused-ring (bicyclic) bond motifs is 1. The molecule has 2 fully saturated rings. The van der Waals surface area contributed by atoms with Gasteiger partial charge in [-0.15, -0.1) is 23.1 Å². The van der Waals surface area contributed by atoms with Gasteiger partial charge < -0.3 is 31.8 Å². The number of hydrogen-bond donors (Lipinski definition) is 6. The molecule has 18 heteroatoms. The average Bonchev–Trinajstić information content (AvgIpc) is 3.71. The summed E-state index contributed by atoms with van der Waals surface area (Å²) in [5.74, 6) is -4.92. The molecule has 6 rings (SSSR count). The molecule has 0 aliphatic carbocycles. The van der Waals surface area contributed by atoms with Crippen molar-refractivity contribution in [3.05, 3.63) is 99.0 Å². The standard InChI is InChI=1S/C31H27N7O8S2.Na.H/c32-31-35-20(13-48-31)22(37-46)26(40)36-23-27(41)38-24(30(44)45)19(12-47-28(23)38)21(17-7-10-34-25(17)39)18(15-5-8-33-9-6-15)11-14-1-3-16(4-2-14)29(42)43;;/h1-6,8-9,13,18,23,28,46H,7,10-12H2,(H2,32,35)(H,34,39)(H,36,40)(H,42,43)(H,44,45);;/t18?,23-,28-;;/m1../s1. The minimum absolute atomic E-state index is 0. The van der Waals surface area contributed by atoms with Crippen molar-refractivity contribution in [3.63, 3.8) is 0 Å². The summed E-state index contributed by atoms with van der Waals surface area (Å²) in [4.78, 5) is 73.4. The number of nitrogens with two attached hydrogens (primary N) is 1. The van der Waals surface area contributed by atoms with Crippen LogP contribution in [0.1, 0.15) is 39.5 Å². The van der Waals surface area contributed by atoms with Crippen molar-refractivity contribution in [3.8, 4) is 0 Å². The molecule has 248 valence electrons. The van der Waals surface area contributed by atoms with Gasteiger partial charge in [0.05, 0.1) is 5.56 Å². The van der Waals surface area contributed by atoms with Crippen molar-refractivity contribution in [1.82, 2.24) is 25.5 Å². The summed E-state index contributed by atoms with van der Waals surface area (Å²) >= 11 is 2.24. The van der Waals surface area contributed by atoms with Crippen molar-refractivity contribution in [2.24, 2.45) is 5.16 Å². The number of nitrogens with one attached hydrogen (secondary N) is 2. The van der Waals surface area contributed by atoms with Crippen LogP contribution in [0.15, 0.2) is 81.7 Å². The van der Waals surface area contributed by atoms with Crippen LogP contribution in [0, 0.1) is 0 Å². The van der Waals surface area contributed by atoms with Gasteiger partial charge in [-0.3, -0.25) is 24.3 Å². The fraction of sp³-hybridized carbons (Fsp3) is 0.226. The summed E-state index contributed by atoms with van der Waals surface area (Å²) < 4.78 is 0. The van der Waals surface area contributed by atoms with Gasteiger partial charge in [0, 0.05) is 41.6 Å². The maximum absolute atomic E-state index is 13.6. The number of aromatic nitrogens is 2. The number of aromatic carboxylic acids is 1. The quantitative estimate of drug-likeness (QED) is 0.0430. The van der Waals surface area contributed by atoms with Gasteiger partial charge in [0.2, 0.25) is 5.91 Å². The average molecular weight is 714 g/mol. The summed E-state index contributed by atoms with van der Waals surface area (Å²) in [7, 11) is 0. The number of β-lactam (4-membered cyclic amide) rings is 1. The molecule has 7 N–H and O–H groups in total. The molecule has 2 saturated heterocycles. The Morgan fingerprint density at radius 3 is 2.39 bits per heavy atom. The molecule has 1 aromatic carbocycles. The van der Waals surface area contributed by atoms with Crippen LogP contribution in [0.2, 0.25) is 0 Å². The fourth-order valence-corrected chi connectivity index (χ4v) is 7.94. The first-order valence-corrected chi connectivity index (χ1v) is 16.4. The van der Waals surface area contributed by atoms with Gasteiger partial charge in [-0.25, -0.2) is 14.6 Å². The molecule has 1 unspecified atom stereocenters. The minimum atomic E-state index is -1.39. The molecule has 49 heavy (non-hydrogen) atoms. The van der Waals surface area contributed by atoms with Gasteiger partial charge in [-0.1, -0.05) is 17.3 Å². The van der Waals surface area contributed by atoms with Gasteiger partial charge in [0.15, 0.2) is 10.8 Å². The number of nitrogens with zero attached hydrogens (tertiary/aromatic N) is 4. The van der Waals surface area contributed by atoms with E-state index in [2.05, 4.69) is 25.8 Å². The van der Waals surface area contributed by atoms with Crippen LogP contribution in [0.25, 0.3) is 0 Å². The number of carboxylic acids is 2. The molecule has 3 aromatic rings. The SMILES string of the molecule is Nc1nc(C(=NO)C(=O)N[C@@H]2C(=O)N3C(C(=O)O)=C(C(=C4CCNC4=O)C(Cc4ccc(C(=O)O)cc4)c4ccncc4)CS[C@H]23)cs1.[NaH]. The van der Waals surface area contributed by atoms with Gasteiger partial charge in [-0.2, -0.15) is 0 Å². The second-order valence-electron chi connectivity index (χ2n) is 11.0. The molecule has 0 radical (unpaired) electrons. The Kier molecular flexibility index (Phi) is 10.9. The molecule has 15 nitrogen and oxygen atoms in total. The predicted octanol–water partition coefficient (Wildman–Crippen LogP) is 0.930. The van der Waals surface area contributed by atoms with Crippen LogP contribution < -0.4 is 16.4 Å². The number of oxime groups is 1. The molecule has 2 aromatic heterocycles. The predicted molar refractivity (Wildman–Crippen MR) is 180 cm³/mol. The van der Waals surface area contributed by atoms with Crippen LogP contribution in [-0.4, -0.2) is 119 Å². The molecule has 0 spiro atoms. The van der Waals surface area contributed by atoms with Gasteiger partial charge >= 0.3 is 41.5 Å². The Morgan fingerprint density at radius 2 is 1.82 bits per heavy atom. The van der Waals surface area contributed by atoms with Crippen molar-refractivity contribution in [2.75, 3.05) is 18.0 Å². The first-order chi connectivity index (χ1) is 23.1. The van der Waals surface area contributed by atoms with E-state index in [1.807, 2.05) is 0 Å². The number of carbonyl (C=O) groups excluding carboxylic acids is 3. The monoisotopic (exact) mass is 713 g/mol. The molecule has 3 atom stereocenters. The molecule has 0 saturated carbocycles. The number of allylic oxidation sites excluding steroid dienone is 1. The topological polar surface area (TPSA) is 237 Å². The van der Waals surface area contributed by atoms with Crippen LogP contribution in [0.5, 0.6) is 0 Å². The van der Waals surface area contributed by atoms with E-state index < -0.39 is 46.8 Å². The number of thioether (sulfide) groups is 1. The van der Waals surface area contributed by atoms with Crippen molar-refractivity contribution in [1.29, 1.82) is 0 Å². The van der Waals surface area contributed by atoms with E-state index in [1.54, 1.807) is 36.7 Å². The molecule has 5 heterocycles.